The summed E-state index contributed by atoms with van der Waals surface area (Å²) in [7, 11) is 0. The molecular weight excluding hydrogens is 913 g/mol. The Hall–Kier alpha value is -3.67. The van der Waals surface area contributed by atoms with Crippen LogP contribution in [-0.2, 0) is 28.6 Å². The van der Waals surface area contributed by atoms with E-state index in [-0.39, 0.29) is 31.1 Å². The van der Waals surface area contributed by atoms with Gasteiger partial charge in [-0.15, -0.1) is 0 Å². The van der Waals surface area contributed by atoms with Crippen molar-refractivity contribution in [3.63, 3.8) is 0 Å². The van der Waals surface area contributed by atoms with Crippen LogP contribution in [0.1, 0.15) is 297 Å². The molecule has 0 aliphatic heterocycles. The van der Waals surface area contributed by atoms with Crippen LogP contribution in [0.15, 0.2) is 97.2 Å². The first-order valence-electron chi connectivity index (χ1n) is 31.2. The number of hydrogen-bond acceptors (Lipinski definition) is 6. The number of carbonyl (C=O) groups is 3. The summed E-state index contributed by atoms with van der Waals surface area (Å²) in [5.74, 6) is -0.885. The van der Waals surface area contributed by atoms with E-state index in [4.69, 9.17) is 14.2 Å². The Labute approximate surface area is 457 Å². The van der Waals surface area contributed by atoms with Crippen molar-refractivity contribution in [2.45, 2.75) is 303 Å². The van der Waals surface area contributed by atoms with Crippen molar-refractivity contribution >= 4 is 17.9 Å². The Morgan fingerprint density at radius 2 is 0.527 bits per heavy atom. The molecule has 0 saturated heterocycles. The molecule has 0 N–H and O–H groups in total. The molecule has 0 aromatic rings. The Kier molecular flexibility index (Phi) is 58.8. The largest absolute Gasteiger partial charge is 0.462 e. The number of carbonyl (C=O) groups excluding carboxylic acids is 3. The van der Waals surface area contributed by atoms with Crippen LogP contribution in [0.2, 0.25) is 0 Å². The molecule has 1 unspecified atom stereocenters. The Morgan fingerprint density at radius 1 is 0.284 bits per heavy atom. The molecule has 0 heterocycles. The topological polar surface area (TPSA) is 78.9 Å². The van der Waals surface area contributed by atoms with Gasteiger partial charge in [-0.25, -0.2) is 0 Å². The van der Waals surface area contributed by atoms with Crippen LogP contribution in [0.25, 0.3) is 0 Å². The van der Waals surface area contributed by atoms with Crippen LogP contribution >= 0.6 is 0 Å². The number of allylic oxidation sites excluding steroid dienone is 16. The number of rotatable bonds is 56. The highest BCUT2D eigenvalue weighted by atomic mass is 16.6. The third-order valence-corrected chi connectivity index (χ3v) is 13.3. The van der Waals surface area contributed by atoms with Crippen molar-refractivity contribution in [2.75, 3.05) is 13.2 Å². The van der Waals surface area contributed by atoms with E-state index in [2.05, 4.69) is 118 Å². The summed E-state index contributed by atoms with van der Waals surface area (Å²) in [5, 5.41) is 0. The first kappa shape index (κ1) is 70.3. The monoisotopic (exact) mass is 1030 g/mol. The number of esters is 3. The molecule has 0 aliphatic carbocycles. The summed E-state index contributed by atoms with van der Waals surface area (Å²) in [6.07, 6.45) is 82.8. The molecule has 0 spiro atoms. The fourth-order valence-electron chi connectivity index (χ4n) is 8.65. The zero-order valence-electron chi connectivity index (χ0n) is 48.6. The minimum Gasteiger partial charge on any atom is -0.462 e. The summed E-state index contributed by atoms with van der Waals surface area (Å²) in [6, 6.07) is 0. The van der Waals surface area contributed by atoms with Crippen LogP contribution in [-0.4, -0.2) is 37.2 Å². The van der Waals surface area contributed by atoms with E-state index in [0.717, 1.165) is 116 Å². The van der Waals surface area contributed by atoms with E-state index in [1.54, 1.807) is 0 Å². The van der Waals surface area contributed by atoms with Gasteiger partial charge in [-0.1, -0.05) is 272 Å². The van der Waals surface area contributed by atoms with Crippen molar-refractivity contribution in [2.24, 2.45) is 0 Å². The predicted molar refractivity (Wildman–Crippen MR) is 320 cm³/mol. The molecule has 0 fully saturated rings. The van der Waals surface area contributed by atoms with Gasteiger partial charge >= 0.3 is 17.9 Å². The number of hydrogen-bond donors (Lipinski definition) is 0. The zero-order valence-corrected chi connectivity index (χ0v) is 48.6. The van der Waals surface area contributed by atoms with Gasteiger partial charge in [0.1, 0.15) is 13.2 Å². The molecule has 6 nitrogen and oxygen atoms in total. The summed E-state index contributed by atoms with van der Waals surface area (Å²) >= 11 is 0. The quantitative estimate of drug-likeness (QED) is 0.0261. The highest BCUT2D eigenvalue weighted by molar-refractivity contribution is 5.71. The van der Waals surface area contributed by atoms with Crippen molar-refractivity contribution in [3.05, 3.63) is 97.2 Å². The number of ether oxygens (including phenoxy) is 3. The molecule has 0 aromatic heterocycles. The highest BCUT2D eigenvalue weighted by Crippen LogP contribution is 2.16. The summed E-state index contributed by atoms with van der Waals surface area (Å²) in [5.41, 5.74) is 0. The van der Waals surface area contributed by atoms with Crippen LogP contribution in [0.5, 0.6) is 0 Å². The first-order valence-corrected chi connectivity index (χ1v) is 31.2. The second-order valence-electron chi connectivity index (χ2n) is 20.6. The molecule has 424 valence electrons. The number of unbranched alkanes of at least 4 members (excludes halogenated alkanes) is 29. The van der Waals surface area contributed by atoms with Crippen molar-refractivity contribution < 1.29 is 28.6 Å². The standard InChI is InChI=1S/C68H116O6/c1-4-7-10-13-16-19-22-24-25-26-27-28-29-30-31-32-33-34-35-36-37-38-39-40-41-42-43-45-46-49-52-55-58-61-67(70)73-64-65(63-72-66(69)60-57-54-51-48-21-18-15-12-9-6-3)74-68(71)62-59-56-53-50-47-44-23-20-17-14-11-8-5-2/h7,10,16,19-20,23-25,27-28,30-31,33-34,36-37,65H,4-6,8-9,11-15,17-18,21-22,26,29,32,35,38-64H2,1-3H3/b10-7-,19-16-,23-20-,25-24-,28-27-,31-30-,34-33-,37-36-. The molecular formula is C68H116O6. The van der Waals surface area contributed by atoms with Gasteiger partial charge in [-0.05, 0) is 103 Å². The Morgan fingerprint density at radius 3 is 0.851 bits per heavy atom. The van der Waals surface area contributed by atoms with E-state index in [1.807, 2.05) is 0 Å². The van der Waals surface area contributed by atoms with Gasteiger partial charge in [0.15, 0.2) is 6.10 Å². The molecule has 0 amide bonds. The molecule has 0 bridgehead atoms. The van der Waals surface area contributed by atoms with E-state index in [0.29, 0.717) is 19.3 Å². The van der Waals surface area contributed by atoms with Crippen molar-refractivity contribution in [1.82, 2.24) is 0 Å². The second kappa shape index (κ2) is 61.9. The first-order chi connectivity index (χ1) is 36.5. The molecule has 1 atom stereocenters. The van der Waals surface area contributed by atoms with E-state index in [1.165, 1.54) is 141 Å². The van der Waals surface area contributed by atoms with Gasteiger partial charge in [0.25, 0.3) is 0 Å². The van der Waals surface area contributed by atoms with Gasteiger partial charge in [-0.3, -0.25) is 14.4 Å². The van der Waals surface area contributed by atoms with Gasteiger partial charge in [0.05, 0.1) is 0 Å². The summed E-state index contributed by atoms with van der Waals surface area (Å²) < 4.78 is 16.8. The molecule has 6 heteroatoms. The van der Waals surface area contributed by atoms with Crippen LogP contribution in [0, 0.1) is 0 Å². The molecule has 0 aliphatic rings. The smallest absolute Gasteiger partial charge is 0.306 e. The third kappa shape index (κ3) is 59.2. The van der Waals surface area contributed by atoms with Crippen LogP contribution < -0.4 is 0 Å². The molecule has 74 heavy (non-hydrogen) atoms. The predicted octanol–water partition coefficient (Wildman–Crippen LogP) is 21.3. The summed E-state index contributed by atoms with van der Waals surface area (Å²) in [6.45, 7) is 6.50. The van der Waals surface area contributed by atoms with Crippen molar-refractivity contribution in [3.8, 4) is 0 Å². The van der Waals surface area contributed by atoms with Gasteiger partial charge in [0.2, 0.25) is 0 Å². The molecule has 0 rings (SSSR count). The molecule has 0 saturated carbocycles. The minimum atomic E-state index is -0.779. The Balaban J connectivity index is 4.14. The average Bonchev–Trinajstić information content (AvgIpc) is 3.40. The Bertz CT molecular complexity index is 1460. The van der Waals surface area contributed by atoms with Gasteiger partial charge in [-0.2, -0.15) is 0 Å². The van der Waals surface area contributed by atoms with E-state index < -0.39 is 6.10 Å². The van der Waals surface area contributed by atoms with Crippen LogP contribution in [0.4, 0.5) is 0 Å². The maximum absolute atomic E-state index is 12.8. The van der Waals surface area contributed by atoms with E-state index >= 15 is 0 Å². The summed E-state index contributed by atoms with van der Waals surface area (Å²) in [4.78, 5) is 38.1. The second-order valence-corrected chi connectivity index (χ2v) is 20.6. The fraction of sp³-hybridized carbons (Fsp3) is 0.721. The molecule has 0 aromatic carbocycles. The normalized spacial score (nSPS) is 12.7. The lowest BCUT2D eigenvalue weighted by atomic mass is 10.0. The van der Waals surface area contributed by atoms with E-state index in [9.17, 15) is 14.4 Å². The molecule has 0 radical (unpaired) electrons. The minimum absolute atomic E-state index is 0.0780. The van der Waals surface area contributed by atoms with Gasteiger partial charge in [0, 0.05) is 19.3 Å². The third-order valence-electron chi connectivity index (χ3n) is 13.3. The zero-order chi connectivity index (χ0) is 53.6. The highest BCUT2D eigenvalue weighted by Gasteiger charge is 2.19. The fourth-order valence-corrected chi connectivity index (χ4v) is 8.65. The lowest BCUT2D eigenvalue weighted by molar-refractivity contribution is -0.167. The maximum atomic E-state index is 12.8. The van der Waals surface area contributed by atoms with Crippen LogP contribution in [0.3, 0.4) is 0 Å². The SMILES string of the molecule is CC/C=C\C/C=C\C/C=C\C/C=C\C/C=C\C/C=C\C/C=C\CCCCCCCCCCCCCC(=O)OCC(COC(=O)CCCCCCCCCCCC)OC(=O)CCCCCCC/C=C\CCCCCC. The maximum Gasteiger partial charge on any atom is 0.306 e. The van der Waals surface area contributed by atoms with Gasteiger partial charge < -0.3 is 14.2 Å². The average molecular weight is 1030 g/mol. The lowest BCUT2D eigenvalue weighted by Crippen LogP contribution is -2.30. The van der Waals surface area contributed by atoms with Crippen molar-refractivity contribution in [1.29, 1.82) is 0 Å². The lowest BCUT2D eigenvalue weighted by Gasteiger charge is -2.18.